The van der Waals surface area contributed by atoms with Gasteiger partial charge < -0.3 is 20.1 Å². The number of hydrogen-bond donors (Lipinski definition) is 3. The standard InChI is InChI=1S/C35H46O5/c1-25-9-5-6-20-40-24-29-22-28(21-26(2)11-7-10-25)13-16-34(29)17-18-35(32(34)38)31(12-8-19-36)30(27(3)23-37)14-15-33(35,4)39/h10,13,16,21-23,31-32,36,38-39H,2,7-9,11-12,14-15,17-20,24H2,1,3-4H3/b25-10-,28-21-,30-27+/t31-,32-,33-,34-,35-/m1/s1. The molecule has 0 amide bonds. The zero-order chi connectivity index (χ0) is 29.0. The van der Waals surface area contributed by atoms with E-state index in [-0.39, 0.29) is 12.5 Å². The molecule has 4 rings (SSSR count). The summed E-state index contributed by atoms with van der Waals surface area (Å²) >= 11 is 0. The minimum Gasteiger partial charge on any atom is -0.396 e. The summed E-state index contributed by atoms with van der Waals surface area (Å²) in [6, 6.07) is 0. The van der Waals surface area contributed by atoms with E-state index in [1.54, 1.807) is 0 Å². The lowest BCUT2D eigenvalue weighted by Gasteiger charge is -2.56. The maximum Gasteiger partial charge on any atom is 0.145 e. The van der Waals surface area contributed by atoms with Crippen LogP contribution in [0.3, 0.4) is 0 Å². The predicted molar refractivity (Wildman–Crippen MR) is 159 cm³/mol. The smallest absolute Gasteiger partial charge is 0.145 e. The van der Waals surface area contributed by atoms with Gasteiger partial charge in [-0.05, 0) is 94.8 Å². The second kappa shape index (κ2) is 12.6. The van der Waals surface area contributed by atoms with Crippen molar-refractivity contribution in [2.24, 2.45) is 16.7 Å². The molecule has 4 aliphatic rings. The van der Waals surface area contributed by atoms with E-state index >= 15 is 0 Å². The highest BCUT2D eigenvalue weighted by Gasteiger charge is 2.68. The van der Waals surface area contributed by atoms with Gasteiger partial charge in [-0.2, -0.15) is 0 Å². The minimum absolute atomic E-state index is 0.0242. The summed E-state index contributed by atoms with van der Waals surface area (Å²) in [5.41, 5.74) is 3.25. The third kappa shape index (κ3) is 5.65. The number of rotatable bonds is 4. The molecule has 2 spiro atoms. The summed E-state index contributed by atoms with van der Waals surface area (Å²) in [6.07, 6.45) is 16.6. The molecule has 40 heavy (non-hydrogen) atoms. The van der Waals surface area contributed by atoms with Crippen LogP contribution in [0.5, 0.6) is 0 Å². The Morgan fingerprint density at radius 1 is 1.23 bits per heavy atom. The van der Waals surface area contributed by atoms with E-state index in [9.17, 15) is 20.1 Å². The summed E-state index contributed by atoms with van der Waals surface area (Å²) in [7, 11) is 0. The average molecular weight is 547 g/mol. The molecule has 2 fully saturated rings. The summed E-state index contributed by atoms with van der Waals surface area (Å²) in [6.45, 7) is 10.7. The number of ether oxygens (including phenoxy) is 1. The van der Waals surface area contributed by atoms with Gasteiger partial charge in [-0.1, -0.05) is 65.5 Å². The van der Waals surface area contributed by atoms with E-state index in [0.717, 1.165) is 41.4 Å². The van der Waals surface area contributed by atoms with Crippen LogP contribution in [0.1, 0.15) is 78.6 Å². The molecule has 3 aliphatic carbocycles. The molecule has 0 radical (unpaired) electrons. The first-order valence-corrected chi connectivity index (χ1v) is 14.8. The Hall–Kier alpha value is -2.49. The first kappa shape index (κ1) is 30.5. The lowest BCUT2D eigenvalue weighted by molar-refractivity contribution is -0.173. The lowest BCUT2D eigenvalue weighted by Crippen LogP contribution is -2.61. The largest absolute Gasteiger partial charge is 0.396 e. The number of aldehydes is 1. The van der Waals surface area contributed by atoms with E-state index in [1.165, 1.54) is 5.57 Å². The van der Waals surface area contributed by atoms with Crippen LogP contribution in [-0.2, 0) is 9.53 Å². The first-order valence-electron chi connectivity index (χ1n) is 14.8. The van der Waals surface area contributed by atoms with Gasteiger partial charge in [-0.15, -0.1) is 0 Å². The summed E-state index contributed by atoms with van der Waals surface area (Å²) in [5.74, 6) is 6.11. The molecule has 0 aromatic rings. The Labute approximate surface area is 240 Å². The Morgan fingerprint density at radius 2 is 2.02 bits per heavy atom. The Balaban J connectivity index is 1.77. The van der Waals surface area contributed by atoms with Gasteiger partial charge in [0.1, 0.15) is 12.9 Å². The fraction of sp³-hybridized carbons (Fsp3) is 0.571. The number of carbonyl (C=O) groups excluding carboxylic acids is 1. The van der Waals surface area contributed by atoms with Crippen molar-refractivity contribution < 1.29 is 24.9 Å². The van der Waals surface area contributed by atoms with E-state index < -0.39 is 22.5 Å². The molecule has 216 valence electrons. The number of hydrogen-bond acceptors (Lipinski definition) is 5. The van der Waals surface area contributed by atoms with Crippen LogP contribution >= 0.6 is 0 Å². The molecule has 2 bridgehead atoms. The molecule has 0 aromatic carbocycles. The molecular formula is C35H46O5. The van der Waals surface area contributed by atoms with Crippen LogP contribution in [0.25, 0.3) is 0 Å². The van der Waals surface area contributed by atoms with Gasteiger partial charge in [0, 0.05) is 23.9 Å². The Bertz CT molecular complexity index is 1220. The molecule has 1 heterocycles. The Kier molecular flexibility index (Phi) is 9.58. The maximum absolute atomic E-state index is 12.5. The van der Waals surface area contributed by atoms with Gasteiger partial charge >= 0.3 is 0 Å². The highest BCUT2D eigenvalue weighted by molar-refractivity contribution is 5.74. The van der Waals surface area contributed by atoms with E-state index in [2.05, 4.69) is 55.7 Å². The van der Waals surface area contributed by atoms with Gasteiger partial charge in [-0.3, -0.25) is 4.79 Å². The molecule has 5 nitrogen and oxygen atoms in total. The number of aliphatic hydroxyl groups excluding tert-OH is 2. The highest BCUT2D eigenvalue weighted by Crippen LogP contribution is 2.67. The van der Waals surface area contributed by atoms with Crippen LogP contribution in [0.4, 0.5) is 0 Å². The molecular weight excluding hydrogens is 500 g/mol. The minimum atomic E-state index is -1.14. The molecule has 5 atom stereocenters. The van der Waals surface area contributed by atoms with Gasteiger partial charge in [0.25, 0.3) is 0 Å². The van der Waals surface area contributed by atoms with Crippen LogP contribution in [0, 0.1) is 28.6 Å². The summed E-state index contributed by atoms with van der Waals surface area (Å²) in [4.78, 5) is 11.9. The zero-order valence-electron chi connectivity index (χ0n) is 24.5. The van der Waals surface area contributed by atoms with Crippen LogP contribution in [-0.4, -0.2) is 53.1 Å². The third-order valence-electron chi connectivity index (χ3n) is 9.95. The van der Waals surface area contributed by atoms with E-state index in [1.807, 2.05) is 13.8 Å². The molecule has 0 saturated heterocycles. The molecule has 1 aliphatic heterocycles. The van der Waals surface area contributed by atoms with Crippen molar-refractivity contribution in [1.29, 1.82) is 0 Å². The fourth-order valence-electron chi connectivity index (χ4n) is 7.68. The van der Waals surface area contributed by atoms with Crippen molar-refractivity contribution in [1.82, 2.24) is 0 Å². The van der Waals surface area contributed by atoms with Gasteiger partial charge in [0.15, 0.2) is 0 Å². The zero-order valence-corrected chi connectivity index (χ0v) is 24.5. The lowest BCUT2D eigenvalue weighted by atomic mass is 9.51. The van der Waals surface area contributed by atoms with Crippen molar-refractivity contribution in [3.05, 3.63) is 70.4 Å². The molecule has 0 unspecified atom stereocenters. The topological polar surface area (TPSA) is 87.0 Å². The van der Waals surface area contributed by atoms with Crippen molar-refractivity contribution in [3.8, 4) is 11.8 Å². The van der Waals surface area contributed by atoms with Crippen molar-refractivity contribution in [3.63, 3.8) is 0 Å². The van der Waals surface area contributed by atoms with Crippen molar-refractivity contribution >= 4 is 6.29 Å². The van der Waals surface area contributed by atoms with Crippen molar-refractivity contribution in [2.45, 2.75) is 90.3 Å². The molecule has 0 aromatic heterocycles. The van der Waals surface area contributed by atoms with Gasteiger partial charge in [0.05, 0.1) is 18.3 Å². The molecule has 2 saturated carbocycles. The summed E-state index contributed by atoms with van der Waals surface area (Å²) < 4.78 is 6.08. The van der Waals surface area contributed by atoms with Crippen LogP contribution in [0.2, 0.25) is 0 Å². The molecule has 3 N–H and O–H groups in total. The average Bonchev–Trinajstić information content (AvgIpc) is 3.21. The number of allylic oxidation sites excluding steroid dienone is 9. The second-order valence-corrected chi connectivity index (χ2v) is 12.4. The monoisotopic (exact) mass is 546 g/mol. The first-order chi connectivity index (χ1) is 19.1. The second-order valence-electron chi connectivity index (χ2n) is 12.4. The van der Waals surface area contributed by atoms with Gasteiger partial charge in [0.2, 0.25) is 0 Å². The quantitative estimate of drug-likeness (QED) is 0.182. The number of aliphatic hydroxyl groups is 3. The van der Waals surface area contributed by atoms with Crippen molar-refractivity contribution in [2.75, 3.05) is 19.8 Å². The van der Waals surface area contributed by atoms with E-state index in [4.69, 9.17) is 4.74 Å². The number of carbonyl (C=O) groups is 1. The van der Waals surface area contributed by atoms with Crippen LogP contribution < -0.4 is 0 Å². The SMILES string of the molecule is C=C1/C=C2/C=C[C@@]3(CC[C@@]4([C@H](CCCO)/C(=C(\C)C=O)CC[C@@]4(C)O)[C@@H]3O)C(=C2)COCC#CC/C(C)=C\CC1. The third-order valence-corrected chi connectivity index (χ3v) is 9.95. The van der Waals surface area contributed by atoms with E-state index in [0.29, 0.717) is 63.7 Å². The van der Waals surface area contributed by atoms with Crippen LogP contribution in [0.15, 0.2) is 70.4 Å². The number of fused-ring (bicyclic) bond motifs is 2. The predicted octanol–water partition coefficient (Wildman–Crippen LogP) is 5.69. The Morgan fingerprint density at radius 3 is 2.77 bits per heavy atom. The van der Waals surface area contributed by atoms with Gasteiger partial charge in [-0.25, -0.2) is 0 Å². The highest BCUT2D eigenvalue weighted by atomic mass is 16.5. The fourth-order valence-corrected chi connectivity index (χ4v) is 7.68. The normalized spacial score (nSPS) is 38.8. The maximum atomic E-state index is 12.5. The molecule has 5 heteroatoms. The summed E-state index contributed by atoms with van der Waals surface area (Å²) in [5, 5.41) is 34.3.